The van der Waals surface area contributed by atoms with Crippen LogP contribution in [-0.2, 0) is 16.0 Å². The first-order chi connectivity index (χ1) is 16.0. The Bertz CT molecular complexity index is 985. The summed E-state index contributed by atoms with van der Waals surface area (Å²) in [6, 6.07) is 6.41. The van der Waals surface area contributed by atoms with E-state index in [4.69, 9.17) is 0 Å². The highest BCUT2D eigenvalue weighted by molar-refractivity contribution is 8.01. The number of nitrogens with zero attached hydrogens (tertiary/aromatic N) is 5. The van der Waals surface area contributed by atoms with Crippen LogP contribution in [0.5, 0.6) is 0 Å². The van der Waals surface area contributed by atoms with Crippen LogP contribution in [0.1, 0.15) is 31.2 Å². The molecular weight excluding hydrogens is 464 g/mol. The van der Waals surface area contributed by atoms with Gasteiger partial charge in [0.1, 0.15) is 0 Å². The SMILES string of the molecule is O=C(CSc1nnc(N2CCN(C(=O)Cc3ccc([N+](=O)[O-])cc3)CC2)s1)NC1CCCC1. The van der Waals surface area contributed by atoms with Crippen molar-refractivity contribution in [1.29, 1.82) is 0 Å². The number of hydrogen-bond acceptors (Lipinski definition) is 9. The van der Waals surface area contributed by atoms with Crippen molar-refractivity contribution in [2.75, 3.05) is 36.8 Å². The maximum atomic E-state index is 12.6. The van der Waals surface area contributed by atoms with Crippen LogP contribution < -0.4 is 10.2 Å². The van der Waals surface area contributed by atoms with Crippen molar-refractivity contribution in [3.05, 3.63) is 39.9 Å². The number of benzene rings is 1. The standard InChI is InChI=1S/C21H26N6O4S2/c28-18(22-16-3-1-2-4-16)14-32-21-24-23-20(33-21)26-11-9-25(10-12-26)19(29)13-15-5-7-17(8-6-15)27(30)31/h5-8,16H,1-4,9-14H2,(H,22,28). The predicted octanol–water partition coefficient (Wildman–Crippen LogP) is 2.49. The summed E-state index contributed by atoms with van der Waals surface area (Å²) in [7, 11) is 0. The number of piperazine rings is 1. The van der Waals surface area contributed by atoms with Gasteiger partial charge in [0.15, 0.2) is 4.34 Å². The maximum Gasteiger partial charge on any atom is 0.269 e. The second-order valence-electron chi connectivity index (χ2n) is 8.16. The molecule has 0 bridgehead atoms. The molecular formula is C21H26N6O4S2. The smallest absolute Gasteiger partial charge is 0.269 e. The lowest BCUT2D eigenvalue weighted by Gasteiger charge is -2.34. The summed E-state index contributed by atoms with van der Waals surface area (Å²) in [4.78, 5) is 38.9. The number of nitro groups is 1. The molecule has 176 valence electrons. The van der Waals surface area contributed by atoms with Crippen molar-refractivity contribution in [3.8, 4) is 0 Å². The fourth-order valence-electron chi connectivity index (χ4n) is 4.02. The molecule has 2 aromatic rings. The van der Waals surface area contributed by atoms with Gasteiger partial charge in [0.2, 0.25) is 16.9 Å². The van der Waals surface area contributed by atoms with Gasteiger partial charge in [0, 0.05) is 44.4 Å². The van der Waals surface area contributed by atoms with E-state index in [1.54, 1.807) is 12.1 Å². The average molecular weight is 491 g/mol. The molecule has 1 aliphatic carbocycles. The van der Waals surface area contributed by atoms with E-state index in [2.05, 4.69) is 20.4 Å². The summed E-state index contributed by atoms with van der Waals surface area (Å²) in [5.74, 6) is 0.393. The van der Waals surface area contributed by atoms with Crippen molar-refractivity contribution >= 4 is 45.7 Å². The molecule has 2 heterocycles. The first kappa shape index (κ1) is 23.4. The summed E-state index contributed by atoms with van der Waals surface area (Å²) in [6.45, 7) is 2.48. The van der Waals surface area contributed by atoms with Crippen molar-refractivity contribution < 1.29 is 14.5 Å². The zero-order valence-electron chi connectivity index (χ0n) is 18.1. The molecule has 0 unspecified atom stereocenters. The second-order valence-corrected chi connectivity index (χ2v) is 10.3. The lowest BCUT2D eigenvalue weighted by molar-refractivity contribution is -0.384. The van der Waals surface area contributed by atoms with Crippen LogP contribution in [0.25, 0.3) is 0 Å². The number of amides is 2. The van der Waals surface area contributed by atoms with E-state index < -0.39 is 4.92 Å². The van der Waals surface area contributed by atoms with Crippen molar-refractivity contribution in [3.63, 3.8) is 0 Å². The Labute approximate surface area is 199 Å². The molecule has 1 aliphatic heterocycles. The molecule has 0 atom stereocenters. The van der Waals surface area contributed by atoms with Crippen molar-refractivity contribution in [1.82, 2.24) is 20.4 Å². The molecule has 2 fully saturated rings. The first-order valence-corrected chi connectivity index (χ1v) is 12.8. The summed E-state index contributed by atoms with van der Waals surface area (Å²) < 4.78 is 0.767. The third kappa shape index (κ3) is 6.41. The van der Waals surface area contributed by atoms with Gasteiger partial charge in [-0.2, -0.15) is 0 Å². The summed E-state index contributed by atoms with van der Waals surface area (Å²) in [6.07, 6.45) is 4.74. The van der Waals surface area contributed by atoms with Crippen molar-refractivity contribution in [2.45, 2.75) is 42.5 Å². The third-order valence-electron chi connectivity index (χ3n) is 5.85. The number of rotatable bonds is 8. The van der Waals surface area contributed by atoms with Crippen LogP contribution in [0.4, 0.5) is 10.8 Å². The minimum absolute atomic E-state index is 0.00489. The Morgan fingerprint density at radius 3 is 2.48 bits per heavy atom. The highest BCUT2D eigenvalue weighted by Gasteiger charge is 2.24. The molecule has 0 spiro atoms. The van der Waals surface area contributed by atoms with Crippen LogP contribution >= 0.6 is 23.1 Å². The zero-order valence-corrected chi connectivity index (χ0v) is 19.8. The molecule has 1 saturated carbocycles. The monoisotopic (exact) mass is 490 g/mol. The van der Waals surface area contributed by atoms with E-state index in [1.165, 1.54) is 48.1 Å². The number of non-ortho nitro benzene ring substituents is 1. The highest BCUT2D eigenvalue weighted by Crippen LogP contribution is 2.29. The van der Waals surface area contributed by atoms with E-state index >= 15 is 0 Å². The minimum atomic E-state index is -0.451. The number of aromatic nitrogens is 2. The molecule has 2 aliphatic rings. The number of hydrogen-bond donors (Lipinski definition) is 1. The van der Waals surface area contributed by atoms with E-state index in [-0.39, 0.29) is 23.9 Å². The van der Waals surface area contributed by atoms with Gasteiger partial charge in [-0.1, -0.05) is 48.1 Å². The van der Waals surface area contributed by atoms with Gasteiger partial charge in [-0.05, 0) is 18.4 Å². The first-order valence-electron chi connectivity index (χ1n) is 11.0. The maximum absolute atomic E-state index is 12.6. The number of nitrogens with one attached hydrogen (secondary N) is 1. The van der Waals surface area contributed by atoms with E-state index in [1.807, 2.05) is 4.90 Å². The van der Waals surface area contributed by atoms with Crippen LogP contribution in [0.15, 0.2) is 28.6 Å². The molecule has 1 aromatic heterocycles. The predicted molar refractivity (Wildman–Crippen MR) is 127 cm³/mol. The third-order valence-corrected chi connectivity index (χ3v) is 7.97. The topological polar surface area (TPSA) is 122 Å². The van der Waals surface area contributed by atoms with Crippen LogP contribution in [-0.4, -0.2) is 69.8 Å². The van der Waals surface area contributed by atoms with Gasteiger partial charge in [-0.3, -0.25) is 19.7 Å². The lowest BCUT2D eigenvalue weighted by atomic mass is 10.1. The number of anilines is 1. The van der Waals surface area contributed by atoms with Crippen molar-refractivity contribution in [2.24, 2.45) is 0 Å². The Balaban J connectivity index is 1.21. The summed E-state index contributed by atoms with van der Waals surface area (Å²) in [5.41, 5.74) is 0.777. The number of thioether (sulfide) groups is 1. The normalized spacial score (nSPS) is 16.7. The quantitative estimate of drug-likeness (QED) is 0.340. The van der Waals surface area contributed by atoms with Crippen LogP contribution in [0.2, 0.25) is 0 Å². The van der Waals surface area contributed by atoms with Gasteiger partial charge in [0.25, 0.3) is 5.69 Å². The van der Waals surface area contributed by atoms with E-state index in [9.17, 15) is 19.7 Å². The van der Waals surface area contributed by atoms with Gasteiger partial charge >= 0.3 is 0 Å². The molecule has 10 nitrogen and oxygen atoms in total. The van der Waals surface area contributed by atoms with E-state index in [0.29, 0.717) is 38.0 Å². The Morgan fingerprint density at radius 2 is 1.82 bits per heavy atom. The molecule has 0 radical (unpaired) electrons. The van der Waals surface area contributed by atoms with Gasteiger partial charge < -0.3 is 15.1 Å². The van der Waals surface area contributed by atoms with Gasteiger partial charge in [0.05, 0.1) is 17.1 Å². The van der Waals surface area contributed by atoms with Crippen LogP contribution in [0.3, 0.4) is 0 Å². The summed E-state index contributed by atoms with van der Waals surface area (Å²) in [5, 5.41) is 23.1. The Hall–Kier alpha value is -2.73. The van der Waals surface area contributed by atoms with Gasteiger partial charge in [-0.15, -0.1) is 10.2 Å². The second kappa shape index (κ2) is 10.9. The number of carbonyl (C=O) groups excluding carboxylic acids is 2. The summed E-state index contributed by atoms with van der Waals surface area (Å²) >= 11 is 2.87. The molecule has 1 saturated heterocycles. The van der Waals surface area contributed by atoms with Crippen LogP contribution in [0, 0.1) is 10.1 Å². The Kier molecular flexibility index (Phi) is 7.76. The molecule has 1 aromatic carbocycles. The molecule has 33 heavy (non-hydrogen) atoms. The Morgan fingerprint density at radius 1 is 1.12 bits per heavy atom. The highest BCUT2D eigenvalue weighted by atomic mass is 32.2. The number of carbonyl (C=O) groups is 2. The lowest BCUT2D eigenvalue weighted by Crippen LogP contribution is -2.49. The molecule has 12 heteroatoms. The number of nitro benzene ring substituents is 1. The fourth-order valence-corrected chi connectivity index (χ4v) is 5.73. The van der Waals surface area contributed by atoms with E-state index in [0.717, 1.165) is 27.9 Å². The molecule has 2 amide bonds. The molecule has 4 rings (SSSR count). The van der Waals surface area contributed by atoms with Gasteiger partial charge in [-0.25, -0.2) is 0 Å². The average Bonchev–Trinajstić information content (AvgIpc) is 3.50. The minimum Gasteiger partial charge on any atom is -0.353 e. The largest absolute Gasteiger partial charge is 0.353 e. The fraction of sp³-hybridized carbons (Fsp3) is 0.524. The zero-order chi connectivity index (χ0) is 23.2. The molecule has 1 N–H and O–H groups in total.